The summed E-state index contributed by atoms with van der Waals surface area (Å²) < 4.78 is 12.2. The third kappa shape index (κ3) is 3.76. The minimum absolute atomic E-state index is 0.0607. The Morgan fingerprint density at radius 2 is 2.16 bits per heavy atom. The first-order valence-corrected chi connectivity index (χ1v) is 8.45. The molecule has 0 aromatic carbocycles. The molecule has 0 bridgehead atoms. The molecule has 1 aliphatic heterocycles. The van der Waals surface area contributed by atoms with Crippen LogP contribution in [0.3, 0.4) is 0 Å². The number of carbonyl (C=O) groups is 2. The topological polar surface area (TPSA) is 76.7 Å². The Hall–Kier alpha value is -2.54. The SMILES string of the molecule is CCC1c2cccn2CCN1CC(=O)NCc1ccc(C(=O)OC)o1. The average molecular weight is 345 g/mol. The number of nitrogens with one attached hydrogen (secondary N) is 1. The highest BCUT2D eigenvalue weighted by atomic mass is 16.5. The Labute approximate surface area is 146 Å². The second-order valence-electron chi connectivity index (χ2n) is 6.06. The van der Waals surface area contributed by atoms with Crippen molar-refractivity contribution < 1.29 is 18.7 Å². The van der Waals surface area contributed by atoms with Crippen LogP contribution in [0.2, 0.25) is 0 Å². The maximum Gasteiger partial charge on any atom is 0.373 e. The molecule has 2 aromatic rings. The second-order valence-corrected chi connectivity index (χ2v) is 6.06. The van der Waals surface area contributed by atoms with E-state index in [2.05, 4.69) is 44.8 Å². The molecule has 1 unspecified atom stereocenters. The number of nitrogens with zero attached hydrogens (tertiary/aromatic N) is 2. The average Bonchev–Trinajstić information content (AvgIpc) is 3.28. The van der Waals surface area contributed by atoms with Gasteiger partial charge in [0, 0.05) is 25.0 Å². The number of methoxy groups -OCH3 is 1. The van der Waals surface area contributed by atoms with Gasteiger partial charge in [0.25, 0.3) is 0 Å². The first-order chi connectivity index (χ1) is 12.1. The highest BCUT2D eigenvalue weighted by Gasteiger charge is 2.27. The van der Waals surface area contributed by atoms with Crippen molar-refractivity contribution in [3.05, 3.63) is 47.7 Å². The lowest BCUT2D eigenvalue weighted by molar-refractivity contribution is -0.123. The summed E-state index contributed by atoms with van der Waals surface area (Å²) in [6.45, 7) is 4.47. The van der Waals surface area contributed by atoms with Crippen molar-refractivity contribution in [2.24, 2.45) is 0 Å². The van der Waals surface area contributed by atoms with Crippen LogP contribution in [-0.4, -0.2) is 41.5 Å². The summed E-state index contributed by atoms with van der Waals surface area (Å²) in [7, 11) is 1.30. The highest BCUT2D eigenvalue weighted by Crippen LogP contribution is 2.28. The van der Waals surface area contributed by atoms with Crippen LogP contribution >= 0.6 is 0 Å². The van der Waals surface area contributed by atoms with Gasteiger partial charge in [0.2, 0.25) is 11.7 Å². The van der Waals surface area contributed by atoms with Gasteiger partial charge < -0.3 is 19.0 Å². The number of furan rings is 1. The van der Waals surface area contributed by atoms with Crippen molar-refractivity contribution in [3.8, 4) is 0 Å². The van der Waals surface area contributed by atoms with Crippen LogP contribution < -0.4 is 5.32 Å². The zero-order valence-corrected chi connectivity index (χ0v) is 14.5. The molecule has 1 amide bonds. The predicted molar refractivity (Wildman–Crippen MR) is 90.9 cm³/mol. The maximum atomic E-state index is 12.3. The van der Waals surface area contributed by atoms with Crippen molar-refractivity contribution in [2.45, 2.75) is 32.5 Å². The summed E-state index contributed by atoms with van der Waals surface area (Å²) in [6.07, 6.45) is 3.04. The summed E-state index contributed by atoms with van der Waals surface area (Å²) in [5.41, 5.74) is 1.26. The molecular weight excluding hydrogens is 322 g/mol. The molecule has 2 aromatic heterocycles. The van der Waals surface area contributed by atoms with E-state index in [4.69, 9.17) is 4.42 Å². The number of carbonyl (C=O) groups excluding carboxylic acids is 2. The molecule has 134 valence electrons. The number of fused-ring (bicyclic) bond motifs is 1. The highest BCUT2D eigenvalue weighted by molar-refractivity contribution is 5.86. The Morgan fingerprint density at radius 1 is 1.32 bits per heavy atom. The predicted octanol–water partition coefficient (Wildman–Crippen LogP) is 1.95. The second kappa shape index (κ2) is 7.57. The van der Waals surface area contributed by atoms with Gasteiger partial charge in [-0.3, -0.25) is 9.69 Å². The van der Waals surface area contributed by atoms with Crippen LogP contribution in [0, 0.1) is 0 Å². The van der Waals surface area contributed by atoms with Crippen molar-refractivity contribution in [1.29, 1.82) is 0 Å². The number of aromatic nitrogens is 1. The first-order valence-electron chi connectivity index (χ1n) is 8.45. The van der Waals surface area contributed by atoms with Crippen molar-refractivity contribution >= 4 is 11.9 Å². The molecule has 7 heteroatoms. The molecule has 1 atom stereocenters. The molecule has 0 saturated carbocycles. The molecule has 7 nitrogen and oxygen atoms in total. The van der Waals surface area contributed by atoms with Gasteiger partial charge in [-0.05, 0) is 30.7 Å². The molecule has 3 rings (SSSR count). The van der Waals surface area contributed by atoms with Crippen LogP contribution in [0.4, 0.5) is 0 Å². The fourth-order valence-electron chi connectivity index (χ4n) is 3.28. The maximum absolute atomic E-state index is 12.3. The fourth-order valence-corrected chi connectivity index (χ4v) is 3.28. The number of amides is 1. The zero-order chi connectivity index (χ0) is 17.8. The van der Waals surface area contributed by atoms with E-state index in [0.29, 0.717) is 12.3 Å². The van der Waals surface area contributed by atoms with E-state index in [0.717, 1.165) is 19.5 Å². The lowest BCUT2D eigenvalue weighted by Gasteiger charge is -2.36. The largest absolute Gasteiger partial charge is 0.463 e. The van der Waals surface area contributed by atoms with Crippen molar-refractivity contribution in [3.63, 3.8) is 0 Å². The molecular formula is C18H23N3O4. The van der Waals surface area contributed by atoms with E-state index in [1.807, 2.05) is 0 Å². The minimum Gasteiger partial charge on any atom is -0.463 e. The quantitative estimate of drug-likeness (QED) is 0.810. The zero-order valence-electron chi connectivity index (χ0n) is 14.5. The van der Waals surface area contributed by atoms with Crippen molar-refractivity contribution in [1.82, 2.24) is 14.8 Å². The third-order valence-electron chi connectivity index (χ3n) is 4.52. The first kappa shape index (κ1) is 17.3. The fraction of sp³-hybridized carbons (Fsp3) is 0.444. The number of esters is 1. The normalized spacial score (nSPS) is 17.1. The van der Waals surface area contributed by atoms with E-state index in [1.54, 1.807) is 12.1 Å². The van der Waals surface area contributed by atoms with Gasteiger partial charge in [0.05, 0.1) is 26.2 Å². The lowest BCUT2D eigenvalue weighted by Crippen LogP contribution is -2.43. The molecule has 0 aliphatic carbocycles. The monoisotopic (exact) mass is 345 g/mol. The van der Waals surface area contributed by atoms with E-state index in [1.165, 1.54) is 12.8 Å². The van der Waals surface area contributed by atoms with Gasteiger partial charge in [-0.2, -0.15) is 0 Å². The van der Waals surface area contributed by atoms with Crippen LogP contribution in [0.1, 0.15) is 41.4 Å². The Morgan fingerprint density at radius 3 is 2.92 bits per heavy atom. The van der Waals surface area contributed by atoms with Gasteiger partial charge >= 0.3 is 5.97 Å². The molecule has 0 fully saturated rings. The molecule has 0 spiro atoms. The molecule has 0 saturated heterocycles. The van der Waals surface area contributed by atoms with Crippen LogP contribution in [0.25, 0.3) is 0 Å². The van der Waals surface area contributed by atoms with Gasteiger partial charge in [-0.25, -0.2) is 4.79 Å². The van der Waals surface area contributed by atoms with Gasteiger partial charge in [0.15, 0.2) is 0 Å². The van der Waals surface area contributed by atoms with E-state index < -0.39 is 5.97 Å². The minimum atomic E-state index is -0.528. The van der Waals surface area contributed by atoms with E-state index >= 15 is 0 Å². The number of hydrogen-bond acceptors (Lipinski definition) is 5. The lowest BCUT2D eigenvalue weighted by atomic mass is 10.1. The number of rotatable bonds is 6. The summed E-state index contributed by atoms with van der Waals surface area (Å²) in [5, 5.41) is 2.85. The number of ether oxygens (including phenoxy) is 1. The Bertz CT molecular complexity index is 749. The van der Waals surface area contributed by atoms with Crippen LogP contribution in [-0.2, 0) is 22.6 Å². The van der Waals surface area contributed by atoms with Gasteiger partial charge in [0.1, 0.15) is 5.76 Å². The molecule has 3 heterocycles. The summed E-state index contributed by atoms with van der Waals surface area (Å²) in [4.78, 5) is 25.9. The summed E-state index contributed by atoms with van der Waals surface area (Å²) >= 11 is 0. The molecule has 1 aliphatic rings. The third-order valence-corrected chi connectivity index (χ3v) is 4.52. The summed E-state index contributed by atoms with van der Waals surface area (Å²) in [5.74, 6) is 0.0667. The van der Waals surface area contributed by atoms with Crippen LogP contribution in [0.5, 0.6) is 0 Å². The van der Waals surface area contributed by atoms with Gasteiger partial charge in [-0.15, -0.1) is 0 Å². The van der Waals surface area contributed by atoms with E-state index in [-0.39, 0.29) is 24.3 Å². The molecule has 0 radical (unpaired) electrons. The Kier molecular flexibility index (Phi) is 5.23. The molecule has 1 N–H and O–H groups in total. The summed E-state index contributed by atoms with van der Waals surface area (Å²) in [6, 6.07) is 7.63. The smallest absolute Gasteiger partial charge is 0.373 e. The Balaban J connectivity index is 1.54. The van der Waals surface area contributed by atoms with Crippen molar-refractivity contribution in [2.75, 3.05) is 20.2 Å². The standard InChI is InChI=1S/C18H23N3O4/c1-3-14-15-5-4-8-20(15)9-10-21(14)12-17(22)19-11-13-6-7-16(25-13)18(23)24-2/h4-8,14H,3,9-12H2,1-2H3,(H,19,22). The van der Waals surface area contributed by atoms with Crippen LogP contribution in [0.15, 0.2) is 34.9 Å². The van der Waals surface area contributed by atoms with E-state index in [9.17, 15) is 9.59 Å². The molecule has 25 heavy (non-hydrogen) atoms. The van der Waals surface area contributed by atoms with Gasteiger partial charge in [-0.1, -0.05) is 6.92 Å². The number of hydrogen-bond donors (Lipinski definition) is 1.